The maximum absolute atomic E-state index is 14.4. The van der Waals surface area contributed by atoms with Crippen molar-refractivity contribution in [2.45, 2.75) is 44.6 Å². The summed E-state index contributed by atoms with van der Waals surface area (Å²) in [6.07, 6.45) is 7.98. The highest BCUT2D eigenvalue weighted by molar-refractivity contribution is 5.37. The van der Waals surface area contributed by atoms with E-state index in [2.05, 4.69) is 4.98 Å². The summed E-state index contributed by atoms with van der Waals surface area (Å²) in [5.41, 5.74) is 2.47. The maximum Gasteiger partial charge on any atom is 0.126 e. The summed E-state index contributed by atoms with van der Waals surface area (Å²) >= 11 is 0. The summed E-state index contributed by atoms with van der Waals surface area (Å²) in [7, 11) is 1.69. The van der Waals surface area contributed by atoms with Crippen molar-refractivity contribution in [2.75, 3.05) is 20.3 Å². The lowest BCUT2D eigenvalue weighted by molar-refractivity contribution is -0.0647. The molecule has 1 atom stereocenters. The van der Waals surface area contributed by atoms with Crippen molar-refractivity contribution < 1.29 is 18.6 Å². The number of benzene rings is 1. The van der Waals surface area contributed by atoms with E-state index in [9.17, 15) is 4.39 Å². The fourth-order valence-corrected chi connectivity index (χ4v) is 4.00. The van der Waals surface area contributed by atoms with Gasteiger partial charge in [-0.05, 0) is 42.3 Å². The SMILES string of the molecule is COC1(C2=CC(F)CC(OCc3ccc(-n4ccnc4C)cc3)=C2)CCOCC1. The van der Waals surface area contributed by atoms with Gasteiger partial charge in [0.15, 0.2) is 0 Å². The minimum atomic E-state index is -1.06. The Kier molecular flexibility index (Phi) is 5.83. The number of aryl methyl sites for hydroxylation is 1. The summed E-state index contributed by atoms with van der Waals surface area (Å²) in [5.74, 6) is 1.60. The Bertz CT molecular complexity index is 895. The number of hydrogen-bond acceptors (Lipinski definition) is 4. The number of nitrogens with zero attached hydrogens (tertiary/aromatic N) is 2. The Morgan fingerprint density at radius 1 is 1.24 bits per heavy atom. The number of hydrogen-bond donors (Lipinski definition) is 0. The van der Waals surface area contributed by atoms with Crippen LogP contribution < -0.4 is 0 Å². The molecule has 1 saturated heterocycles. The fraction of sp³-hybridized carbons (Fsp3) is 0.435. The van der Waals surface area contributed by atoms with Crippen LogP contribution in [0, 0.1) is 6.92 Å². The van der Waals surface area contributed by atoms with Crippen molar-refractivity contribution in [1.29, 1.82) is 0 Å². The van der Waals surface area contributed by atoms with Gasteiger partial charge in [0, 0.05) is 57.7 Å². The number of alkyl halides is 1. The zero-order valence-corrected chi connectivity index (χ0v) is 16.9. The second-order valence-electron chi connectivity index (χ2n) is 7.56. The molecule has 1 aromatic carbocycles. The minimum absolute atomic E-state index is 0.256. The number of rotatable bonds is 6. The number of allylic oxidation sites excluding steroid dienone is 2. The third kappa shape index (κ3) is 4.28. The zero-order valence-electron chi connectivity index (χ0n) is 16.9. The molecule has 0 saturated carbocycles. The van der Waals surface area contributed by atoms with Gasteiger partial charge in [0.25, 0.3) is 0 Å². The van der Waals surface area contributed by atoms with E-state index in [0.29, 0.717) is 25.6 Å². The largest absolute Gasteiger partial charge is 0.493 e. The van der Waals surface area contributed by atoms with Gasteiger partial charge in [-0.1, -0.05) is 12.1 Å². The maximum atomic E-state index is 14.4. The van der Waals surface area contributed by atoms with Crippen LogP contribution in [0.25, 0.3) is 5.69 Å². The molecule has 2 heterocycles. The molecule has 2 aromatic rings. The Labute approximate surface area is 170 Å². The summed E-state index contributed by atoms with van der Waals surface area (Å²) < 4.78 is 33.7. The summed E-state index contributed by atoms with van der Waals surface area (Å²) in [4.78, 5) is 4.25. The van der Waals surface area contributed by atoms with Crippen LogP contribution in [0.2, 0.25) is 0 Å². The van der Waals surface area contributed by atoms with Crippen molar-refractivity contribution in [3.63, 3.8) is 0 Å². The fourth-order valence-electron chi connectivity index (χ4n) is 4.00. The van der Waals surface area contributed by atoms with E-state index in [0.717, 1.165) is 35.5 Å². The predicted molar refractivity (Wildman–Crippen MR) is 109 cm³/mol. The summed E-state index contributed by atoms with van der Waals surface area (Å²) in [5, 5.41) is 0. The molecule has 1 aliphatic heterocycles. The molecular formula is C23H27FN2O3. The molecule has 6 heteroatoms. The first-order chi connectivity index (χ1) is 14.1. The molecular weight excluding hydrogens is 371 g/mol. The number of imidazole rings is 1. The lowest BCUT2D eigenvalue weighted by Crippen LogP contribution is -2.40. The van der Waals surface area contributed by atoms with E-state index in [4.69, 9.17) is 14.2 Å². The van der Waals surface area contributed by atoms with E-state index in [1.165, 1.54) is 0 Å². The predicted octanol–water partition coefficient (Wildman–Crippen LogP) is 4.45. The van der Waals surface area contributed by atoms with Crippen LogP contribution in [0.5, 0.6) is 0 Å². The first kappa shape index (κ1) is 19.9. The molecule has 0 amide bonds. The highest BCUT2D eigenvalue weighted by Crippen LogP contribution is 2.37. The van der Waals surface area contributed by atoms with E-state index in [-0.39, 0.29) is 6.42 Å². The molecule has 0 spiro atoms. The van der Waals surface area contributed by atoms with Gasteiger partial charge in [0.2, 0.25) is 0 Å². The Morgan fingerprint density at radius 3 is 2.66 bits per heavy atom. The highest BCUT2D eigenvalue weighted by atomic mass is 19.1. The van der Waals surface area contributed by atoms with Gasteiger partial charge in [-0.15, -0.1) is 0 Å². The summed E-state index contributed by atoms with van der Waals surface area (Å²) in [6, 6.07) is 8.12. The van der Waals surface area contributed by atoms with Crippen LogP contribution in [0.4, 0.5) is 4.39 Å². The Morgan fingerprint density at radius 2 is 2.00 bits per heavy atom. The molecule has 1 unspecified atom stereocenters. The second-order valence-corrected chi connectivity index (χ2v) is 7.56. The smallest absolute Gasteiger partial charge is 0.126 e. The molecule has 29 heavy (non-hydrogen) atoms. The van der Waals surface area contributed by atoms with Gasteiger partial charge >= 0.3 is 0 Å². The van der Waals surface area contributed by atoms with Crippen LogP contribution >= 0.6 is 0 Å². The monoisotopic (exact) mass is 398 g/mol. The standard InChI is InChI=1S/C23H27FN2O3/c1-17-25-9-10-26(17)21-5-3-18(4-6-21)16-29-22-14-19(13-20(24)15-22)23(27-2)7-11-28-12-8-23/h3-6,9-10,13-14,20H,7-8,11-12,15-16H2,1-2H3. The van der Waals surface area contributed by atoms with Crippen LogP contribution in [0.15, 0.2) is 60.1 Å². The molecule has 5 nitrogen and oxygen atoms in total. The van der Waals surface area contributed by atoms with E-state index >= 15 is 0 Å². The van der Waals surface area contributed by atoms with E-state index in [1.54, 1.807) is 19.4 Å². The van der Waals surface area contributed by atoms with Crippen molar-refractivity contribution >= 4 is 0 Å². The number of methoxy groups -OCH3 is 1. The van der Waals surface area contributed by atoms with Crippen LogP contribution in [-0.2, 0) is 20.8 Å². The van der Waals surface area contributed by atoms with Crippen LogP contribution in [0.3, 0.4) is 0 Å². The van der Waals surface area contributed by atoms with Crippen LogP contribution in [0.1, 0.15) is 30.7 Å². The Balaban J connectivity index is 1.44. The number of halogens is 1. The van der Waals surface area contributed by atoms with Gasteiger partial charge in [-0.2, -0.15) is 0 Å². The molecule has 154 valence electrons. The minimum Gasteiger partial charge on any atom is -0.493 e. The first-order valence-electron chi connectivity index (χ1n) is 10.0. The van der Waals surface area contributed by atoms with Gasteiger partial charge in [-0.3, -0.25) is 0 Å². The van der Waals surface area contributed by atoms with E-state index in [1.807, 2.05) is 48.0 Å². The van der Waals surface area contributed by atoms with Gasteiger partial charge in [0.05, 0.1) is 5.60 Å². The average molecular weight is 398 g/mol. The molecule has 1 aliphatic carbocycles. The quantitative estimate of drug-likeness (QED) is 0.721. The Hall–Kier alpha value is -2.44. The van der Waals surface area contributed by atoms with Crippen molar-refractivity contribution in [3.8, 4) is 5.69 Å². The average Bonchev–Trinajstić information content (AvgIpc) is 3.18. The lowest BCUT2D eigenvalue weighted by atomic mass is 9.82. The van der Waals surface area contributed by atoms with Gasteiger partial charge in [-0.25, -0.2) is 9.37 Å². The molecule has 1 aromatic heterocycles. The number of aromatic nitrogens is 2. The van der Waals surface area contributed by atoms with Gasteiger partial charge in [0.1, 0.15) is 24.4 Å². The van der Waals surface area contributed by atoms with E-state index < -0.39 is 11.8 Å². The second kappa shape index (κ2) is 8.51. The normalized spacial score (nSPS) is 21.4. The summed E-state index contributed by atoms with van der Waals surface area (Å²) in [6.45, 7) is 3.61. The molecule has 0 radical (unpaired) electrons. The first-order valence-corrected chi connectivity index (χ1v) is 10.0. The van der Waals surface area contributed by atoms with Crippen molar-refractivity contribution in [2.24, 2.45) is 0 Å². The zero-order chi connectivity index (χ0) is 20.3. The molecule has 0 N–H and O–H groups in total. The van der Waals surface area contributed by atoms with Crippen molar-refractivity contribution in [3.05, 3.63) is 71.5 Å². The van der Waals surface area contributed by atoms with Crippen LogP contribution in [-0.4, -0.2) is 41.6 Å². The molecule has 4 rings (SSSR count). The third-order valence-corrected chi connectivity index (χ3v) is 5.75. The molecule has 1 fully saturated rings. The third-order valence-electron chi connectivity index (χ3n) is 5.75. The highest BCUT2D eigenvalue weighted by Gasteiger charge is 2.37. The number of ether oxygens (including phenoxy) is 3. The topological polar surface area (TPSA) is 45.5 Å². The van der Waals surface area contributed by atoms with Gasteiger partial charge < -0.3 is 18.8 Å². The lowest BCUT2D eigenvalue weighted by Gasteiger charge is -2.38. The van der Waals surface area contributed by atoms with Crippen molar-refractivity contribution in [1.82, 2.24) is 9.55 Å². The molecule has 0 bridgehead atoms. The molecule has 2 aliphatic rings.